The molecule has 0 fully saturated rings. The molecule has 0 saturated carbocycles. The summed E-state index contributed by atoms with van der Waals surface area (Å²) in [6, 6.07) is 8.31. The second kappa shape index (κ2) is 6.25. The highest BCUT2D eigenvalue weighted by Crippen LogP contribution is 2.32. The standard InChI is InChI=1S/C15H16IN5S/c1-9-13(22-14(17)19-9)12-7-8-18-15(21(12)2)20-11-5-3-10(16)4-6-11/h3-8,12H,1-2H3,(H2,17,19)(H,18,20). The fraction of sp³-hybridized carbons (Fsp3) is 0.200. The highest BCUT2D eigenvalue weighted by molar-refractivity contribution is 14.1. The molecule has 0 spiro atoms. The van der Waals surface area contributed by atoms with E-state index in [2.05, 4.69) is 61.0 Å². The Kier molecular flexibility index (Phi) is 4.34. The average molecular weight is 425 g/mol. The Hall–Kier alpha value is -1.61. The van der Waals surface area contributed by atoms with E-state index >= 15 is 0 Å². The zero-order valence-corrected chi connectivity index (χ0v) is 15.2. The molecule has 7 heteroatoms. The van der Waals surface area contributed by atoms with Crippen molar-refractivity contribution >= 4 is 50.7 Å². The summed E-state index contributed by atoms with van der Waals surface area (Å²) in [5.74, 6) is 0.806. The molecule has 1 aliphatic heterocycles. The van der Waals surface area contributed by atoms with E-state index in [-0.39, 0.29) is 6.04 Å². The number of benzene rings is 1. The molecule has 1 aliphatic rings. The fourth-order valence-corrected chi connectivity index (χ4v) is 3.62. The van der Waals surface area contributed by atoms with Crippen LogP contribution in [-0.2, 0) is 0 Å². The molecule has 0 saturated heterocycles. The van der Waals surface area contributed by atoms with E-state index in [4.69, 9.17) is 5.73 Å². The van der Waals surface area contributed by atoms with Crippen molar-refractivity contribution < 1.29 is 0 Å². The number of rotatable bonds is 2. The van der Waals surface area contributed by atoms with Gasteiger partial charge in [0.05, 0.1) is 16.6 Å². The largest absolute Gasteiger partial charge is 0.375 e. The van der Waals surface area contributed by atoms with Crippen LogP contribution in [0.25, 0.3) is 0 Å². The van der Waals surface area contributed by atoms with Gasteiger partial charge in [-0.3, -0.25) is 0 Å². The summed E-state index contributed by atoms with van der Waals surface area (Å²) in [6.07, 6.45) is 3.88. The third-order valence-electron chi connectivity index (χ3n) is 3.43. The molecular formula is C15H16IN5S. The summed E-state index contributed by atoms with van der Waals surface area (Å²) >= 11 is 3.82. The number of hydrogen-bond acceptors (Lipinski definition) is 6. The lowest BCUT2D eigenvalue weighted by Crippen LogP contribution is -2.37. The molecule has 1 unspecified atom stereocenters. The predicted molar refractivity (Wildman–Crippen MR) is 101 cm³/mol. The number of anilines is 2. The Morgan fingerprint density at radius 2 is 2.05 bits per heavy atom. The predicted octanol–water partition coefficient (Wildman–Crippen LogP) is 3.61. The molecule has 2 aromatic rings. The van der Waals surface area contributed by atoms with Crippen LogP contribution in [0, 0.1) is 10.5 Å². The molecule has 22 heavy (non-hydrogen) atoms. The zero-order chi connectivity index (χ0) is 15.7. The topological polar surface area (TPSA) is 66.5 Å². The Morgan fingerprint density at radius 3 is 2.68 bits per heavy atom. The third kappa shape index (κ3) is 3.09. The first kappa shape index (κ1) is 15.3. The highest BCUT2D eigenvalue weighted by Gasteiger charge is 2.24. The summed E-state index contributed by atoms with van der Waals surface area (Å²) in [5.41, 5.74) is 7.81. The van der Waals surface area contributed by atoms with Gasteiger partial charge < -0.3 is 16.0 Å². The maximum atomic E-state index is 5.82. The first-order valence-corrected chi connectivity index (χ1v) is 8.67. The number of nitrogens with two attached hydrogens (primary N) is 1. The molecule has 0 aliphatic carbocycles. The first-order chi connectivity index (χ1) is 10.5. The average Bonchev–Trinajstić information content (AvgIpc) is 2.82. The van der Waals surface area contributed by atoms with E-state index in [0.717, 1.165) is 22.2 Å². The molecule has 5 nitrogen and oxygen atoms in total. The molecule has 1 aromatic heterocycles. The zero-order valence-electron chi connectivity index (χ0n) is 12.2. The number of aromatic nitrogens is 1. The minimum Gasteiger partial charge on any atom is -0.375 e. The normalized spacial score (nSPS) is 17.5. The summed E-state index contributed by atoms with van der Waals surface area (Å²) in [6.45, 7) is 1.99. The second-order valence-electron chi connectivity index (χ2n) is 4.98. The molecule has 0 radical (unpaired) electrons. The molecule has 1 atom stereocenters. The van der Waals surface area contributed by atoms with Crippen molar-refractivity contribution in [3.63, 3.8) is 0 Å². The van der Waals surface area contributed by atoms with Crippen molar-refractivity contribution in [3.8, 4) is 0 Å². The summed E-state index contributed by atoms with van der Waals surface area (Å²) in [4.78, 5) is 12.0. The van der Waals surface area contributed by atoms with Gasteiger partial charge in [-0.1, -0.05) is 11.3 Å². The van der Waals surface area contributed by atoms with Crippen LogP contribution in [0.2, 0.25) is 0 Å². The minimum atomic E-state index is 0.0960. The van der Waals surface area contributed by atoms with Crippen LogP contribution in [0.1, 0.15) is 16.6 Å². The first-order valence-electron chi connectivity index (χ1n) is 6.77. The van der Waals surface area contributed by atoms with Gasteiger partial charge in [-0.25, -0.2) is 9.98 Å². The number of aryl methyl sites for hydroxylation is 1. The molecular weight excluding hydrogens is 409 g/mol. The van der Waals surface area contributed by atoms with Gasteiger partial charge in [0.25, 0.3) is 0 Å². The van der Waals surface area contributed by atoms with Crippen LogP contribution in [-0.4, -0.2) is 22.9 Å². The van der Waals surface area contributed by atoms with E-state index in [1.165, 1.54) is 14.9 Å². The second-order valence-corrected chi connectivity index (χ2v) is 7.29. The SMILES string of the molecule is Cc1nc(N)sc1C1C=CN=C(Nc2ccc(I)cc2)N1C. The quantitative estimate of drug-likeness (QED) is 0.722. The lowest BCUT2D eigenvalue weighted by molar-refractivity contribution is 0.434. The van der Waals surface area contributed by atoms with Gasteiger partial charge in [0, 0.05) is 22.5 Å². The van der Waals surface area contributed by atoms with Gasteiger partial charge in [0.2, 0.25) is 5.96 Å². The number of aliphatic imine (C=N–C) groups is 1. The number of thiazole rings is 1. The van der Waals surface area contributed by atoms with Gasteiger partial charge in [0.1, 0.15) is 0 Å². The molecule has 3 rings (SSSR count). The number of guanidine groups is 1. The van der Waals surface area contributed by atoms with Crippen molar-refractivity contribution in [1.82, 2.24) is 9.88 Å². The van der Waals surface area contributed by atoms with E-state index in [1.54, 1.807) is 0 Å². The van der Waals surface area contributed by atoms with Gasteiger partial charge in [-0.05, 0) is 59.9 Å². The summed E-state index contributed by atoms with van der Waals surface area (Å²) in [7, 11) is 2.02. The monoisotopic (exact) mass is 425 g/mol. The van der Waals surface area contributed by atoms with E-state index in [9.17, 15) is 0 Å². The van der Waals surface area contributed by atoms with Gasteiger partial charge in [-0.15, -0.1) is 0 Å². The van der Waals surface area contributed by atoms with Gasteiger partial charge >= 0.3 is 0 Å². The maximum absolute atomic E-state index is 5.82. The number of nitrogen functional groups attached to an aromatic ring is 1. The van der Waals surface area contributed by atoms with Gasteiger partial charge in [0.15, 0.2) is 5.13 Å². The number of likely N-dealkylation sites (N-methyl/N-ethyl adjacent to an activating group) is 1. The van der Waals surface area contributed by atoms with Crippen LogP contribution < -0.4 is 11.1 Å². The van der Waals surface area contributed by atoms with Crippen molar-refractivity contribution in [2.75, 3.05) is 18.1 Å². The maximum Gasteiger partial charge on any atom is 0.203 e. The molecule has 114 valence electrons. The molecule has 0 bridgehead atoms. The van der Waals surface area contributed by atoms with E-state index in [0.29, 0.717) is 5.13 Å². The van der Waals surface area contributed by atoms with Crippen molar-refractivity contribution in [2.45, 2.75) is 13.0 Å². The lowest BCUT2D eigenvalue weighted by Gasteiger charge is -2.30. The van der Waals surface area contributed by atoms with Crippen LogP contribution in [0.3, 0.4) is 0 Å². The van der Waals surface area contributed by atoms with Crippen LogP contribution in [0.15, 0.2) is 41.5 Å². The van der Waals surface area contributed by atoms with E-state index in [1.807, 2.05) is 32.3 Å². The smallest absolute Gasteiger partial charge is 0.203 e. The highest BCUT2D eigenvalue weighted by atomic mass is 127. The Labute approximate surface area is 147 Å². The van der Waals surface area contributed by atoms with Crippen molar-refractivity contribution in [3.05, 3.63) is 50.7 Å². The lowest BCUT2D eigenvalue weighted by atomic mass is 10.1. The third-order valence-corrected chi connectivity index (χ3v) is 5.21. The summed E-state index contributed by atoms with van der Waals surface area (Å²) in [5, 5.41) is 3.96. The Bertz CT molecular complexity index is 735. The number of nitrogens with one attached hydrogen (secondary N) is 1. The number of nitrogens with zero attached hydrogens (tertiary/aromatic N) is 3. The van der Waals surface area contributed by atoms with Crippen LogP contribution in [0.4, 0.5) is 10.8 Å². The molecule has 1 aromatic carbocycles. The fourth-order valence-electron chi connectivity index (χ4n) is 2.30. The number of halogens is 1. The number of hydrogen-bond donors (Lipinski definition) is 2. The Morgan fingerprint density at radius 1 is 1.32 bits per heavy atom. The minimum absolute atomic E-state index is 0.0960. The summed E-state index contributed by atoms with van der Waals surface area (Å²) < 4.78 is 1.20. The molecule has 3 N–H and O–H groups in total. The van der Waals surface area contributed by atoms with Crippen molar-refractivity contribution in [2.24, 2.45) is 4.99 Å². The van der Waals surface area contributed by atoms with Crippen LogP contribution in [0.5, 0.6) is 0 Å². The van der Waals surface area contributed by atoms with E-state index < -0.39 is 0 Å². The van der Waals surface area contributed by atoms with Gasteiger partial charge in [-0.2, -0.15) is 0 Å². The molecule has 2 heterocycles. The van der Waals surface area contributed by atoms with Crippen LogP contribution >= 0.6 is 33.9 Å². The molecule has 0 amide bonds. The van der Waals surface area contributed by atoms with Crippen molar-refractivity contribution in [1.29, 1.82) is 0 Å². The Balaban J connectivity index is 1.82.